The van der Waals surface area contributed by atoms with Gasteiger partial charge in [0.15, 0.2) is 0 Å². The largest absolute Gasteiger partial charge is 0.469 e. The monoisotopic (exact) mass is 401 g/mol. The van der Waals surface area contributed by atoms with Crippen molar-refractivity contribution in [2.75, 3.05) is 18.0 Å². The molecule has 2 aromatic carbocycles. The first kappa shape index (κ1) is 18.2. The van der Waals surface area contributed by atoms with Crippen molar-refractivity contribution in [2.24, 2.45) is 0 Å². The van der Waals surface area contributed by atoms with Gasteiger partial charge in [0.25, 0.3) is 11.8 Å². The molecule has 0 saturated heterocycles. The predicted octanol–water partition coefficient (Wildman–Crippen LogP) is 2.75. The molecular weight excluding hydrogens is 382 g/mol. The normalized spacial score (nSPS) is 16.9. The van der Waals surface area contributed by atoms with E-state index in [1.165, 1.54) is 4.90 Å². The van der Waals surface area contributed by atoms with Crippen LogP contribution in [0.3, 0.4) is 0 Å². The fraction of sp³-hybridized carbons (Fsp3) is 0.174. The molecule has 3 heterocycles. The van der Waals surface area contributed by atoms with Crippen LogP contribution in [0.15, 0.2) is 71.3 Å². The van der Waals surface area contributed by atoms with E-state index in [0.717, 1.165) is 11.3 Å². The van der Waals surface area contributed by atoms with E-state index in [9.17, 15) is 14.4 Å². The zero-order valence-corrected chi connectivity index (χ0v) is 16.1. The zero-order valence-electron chi connectivity index (χ0n) is 16.1. The highest BCUT2D eigenvalue weighted by Crippen LogP contribution is 2.44. The van der Waals surface area contributed by atoms with Crippen molar-refractivity contribution in [3.63, 3.8) is 0 Å². The van der Waals surface area contributed by atoms with Crippen molar-refractivity contribution in [2.45, 2.75) is 12.6 Å². The van der Waals surface area contributed by atoms with Crippen LogP contribution in [-0.4, -0.2) is 35.7 Å². The van der Waals surface area contributed by atoms with Crippen molar-refractivity contribution in [1.29, 1.82) is 0 Å². The SMILES string of the molecule is O=C(CN1C(=O)c2ccccc2N2C(=O)c3ccccc3[C@H]12)NCCc1ccco1. The van der Waals surface area contributed by atoms with E-state index in [0.29, 0.717) is 29.8 Å². The molecule has 0 spiro atoms. The van der Waals surface area contributed by atoms with Gasteiger partial charge in [-0.2, -0.15) is 0 Å². The maximum Gasteiger partial charge on any atom is 0.260 e. The van der Waals surface area contributed by atoms with Crippen LogP contribution in [0.1, 0.15) is 38.2 Å². The number of nitrogens with one attached hydrogen (secondary N) is 1. The molecule has 30 heavy (non-hydrogen) atoms. The summed E-state index contributed by atoms with van der Waals surface area (Å²) in [5.74, 6) is 0.0575. The number of carbonyl (C=O) groups excluding carboxylic acids is 3. The molecule has 2 aliphatic heterocycles. The number of hydrogen-bond donors (Lipinski definition) is 1. The first-order valence-electron chi connectivity index (χ1n) is 9.77. The number of hydrogen-bond acceptors (Lipinski definition) is 4. The van der Waals surface area contributed by atoms with Crippen LogP contribution < -0.4 is 10.2 Å². The van der Waals surface area contributed by atoms with Gasteiger partial charge in [-0.25, -0.2) is 0 Å². The number of anilines is 1. The van der Waals surface area contributed by atoms with Crippen LogP contribution in [-0.2, 0) is 11.2 Å². The summed E-state index contributed by atoms with van der Waals surface area (Å²) in [7, 11) is 0. The molecule has 0 radical (unpaired) electrons. The van der Waals surface area contributed by atoms with Crippen molar-refractivity contribution in [3.8, 4) is 0 Å². The van der Waals surface area contributed by atoms with Crippen molar-refractivity contribution in [3.05, 3.63) is 89.4 Å². The molecule has 3 aromatic rings. The summed E-state index contributed by atoms with van der Waals surface area (Å²) in [6.45, 7) is 0.253. The van der Waals surface area contributed by atoms with Gasteiger partial charge >= 0.3 is 0 Å². The van der Waals surface area contributed by atoms with Gasteiger partial charge in [-0.1, -0.05) is 30.3 Å². The summed E-state index contributed by atoms with van der Waals surface area (Å²) in [4.78, 5) is 42.1. The Balaban J connectivity index is 1.43. The summed E-state index contributed by atoms with van der Waals surface area (Å²) in [5, 5.41) is 2.83. The van der Waals surface area contributed by atoms with E-state index in [-0.39, 0.29) is 24.3 Å². The highest BCUT2D eigenvalue weighted by Gasteiger charge is 2.47. The van der Waals surface area contributed by atoms with E-state index in [4.69, 9.17) is 4.42 Å². The number of rotatable bonds is 5. The molecule has 1 atom stereocenters. The summed E-state index contributed by atoms with van der Waals surface area (Å²) in [6, 6.07) is 17.9. The van der Waals surface area contributed by atoms with Crippen molar-refractivity contribution in [1.82, 2.24) is 10.2 Å². The summed E-state index contributed by atoms with van der Waals surface area (Å²) >= 11 is 0. The highest BCUT2D eigenvalue weighted by atomic mass is 16.3. The molecule has 2 aliphatic rings. The van der Waals surface area contributed by atoms with Gasteiger partial charge in [0, 0.05) is 24.1 Å². The Labute approximate surface area is 172 Å². The number of amides is 3. The molecule has 1 N–H and O–H groups in total. The number of carbonyl (C=O) groups is 3. The van der Waals surface area contributed by atoms with Crippen LogP contribution >= 0.6 is 0 Å². The fourth-order valence-electron chi connectivity index (χ4n) is 4.12. The van der Waals surface area contributed by atoms with E-state index < -0.39 is 6.17 Å². The van der Waals surface area contributed by atoms with Crippen LogP contribution in [0.25, 0.3) is 0 Å². The molecule has 7 nitrogen and oxygen atoms in total. The summed E-state index contributed by atoms with van der Waals surface area (Å²) in [5.41, 5.74) is 2.27. The Kier molecular flexibility index (Phi) is 4.35. The quantitative estimate of drug-likeness (QED) is 0.713. The molecule has 3 amide bonds. The van der Waals surface area contributed by atoms with Crippen molar-refractivity contribution < 1.29 is 18.8 Å². The molecule has 0 aliphatic carbocycles. The summed E-state index contributed by atoms with van der Waals surface area (Å²) < 4.78 is 5.27. The minimum Gasteiger partial charge on any atom is -0.469 e. The number of benzene rings is 2. The lowest BCUT2D eigenvalue weighted by molar-refractivity contribution is -0.122. The Morgan fingerprint density at radius 3 is 2.50 bits per heavy atom. The predicted molar refractivity (Wildman–Crippen MR) is 109 cm³/mol. The smallest absolute Gasteiger partial charge is 0.260 e. The molecule has 0 fully saturated rings. The molecule has 1 aromatic heterocycles. The molecule has 7 heteroatoms. The highest BCUT2D eigenvalue weighted by molar-refractivity contribution is 6.17. The second-order valence-electron chi connectivity index (χ2n) is 7.27. The maximum absolute atomic E-state index is 13.3. The number of nitrogens with zero attached hydrogens (tertiary/aromatic N) is 2. The third-order valence-electron chi connectivity index (χ3n) is 5.47. The molecular formula is C23H19N3O4. The van der Waals surface area contributed by atoms with Gasteiger partial charge in [-0.15, -0.1) is 0 Å². The Morgan fingerprint density at radius 2 is 1.70 bits per heavy atom. The third kappa shape index (κ3) is 2.86. The molecule has 150 valence electrons. The Bertz CT molecular complexity index is 1140. The van der Waals surface area contributed by atoms with Crippen molar-refractivity contribution >= 4 is 23.4 Å². The second-order valence-corrected chi connectivity index (χ2v) is 7.27. The molecule has 5 rings (SSSR count). The molecule has 0 unspecified atom stereocenters. The van der Waals surface area contributed by atoms with Gasteiger partial charge in [0.1, 0.15) is 18.5 Å². The first-order valence-corrected chi connectivity index (χ1v) is 9.77. The average Bonchev–Trinajstić information content (AvgIpc) is 3.38. The van der Waals surface area contributed by atoms with Gasteiger partial charge in [-0.3, -0.25) is 19.3 Å². The standard InChI is InChI=1S/C23H19N3O4/c27-20(24-12-11-15-6-5-13-30-15)14-25-21-16-7-1-2-8-17(16)23(29)26(21)19-10-4-3-9-18(19)22(25)28/h1-10,13,21H,11-12,14H2,(H,24,27)/t21-/m1/s1. The average molecular weight is 401 g/mol. The van der Waals surface area contributed by atoms with Crippen LogP contribution in [0.2, 0.25) is 0 Å². The van der Waals surface area contributed by atoms with E-state index in [1.807, 2.05) is 18.2 Å². The summed E-state index contributed by atoms with van der Waals surface area (Å²) in [6.07, 6.45) is 1.52. The van der Waals surface area contributed by atoms with Crippen LogP contribution in [0.4, 0.5) is 5.69 Å². The lowest BCUT2D eigenvalue weighted by atomic mass is 10.0. The minimum atomic E-state index is -0.632. The second kappa shape index (κ2) is 7.18. The Hall–Kier alpha value is -3.87. The van der Waals surface area contributed by atoms with Gasteiger partial charge in [0.05, 0.1) is 17.5 Å². The van der Waals surface area contributed by atoms with E-state index in [2.05, 4.69) is 5.32 Å². The topological polar surface area (TPSA) is 82.9 Å². The minimum absolute atomic E-state index is 0.145. The first-order chi connectivity index (χ1) is 14.6. The van der Waals surface area contributed by atoms with Crippen LogP contribution in [0.5, 0.6) is 0 Å². The zero-order chi connectivity index (χ0) is 20.7. The maximum atomic E-state index is 13.3. The molecule has 0 bridgehead atoms. The number of furan rings is 1. The van der Waals surface area contributed by atoms with Gasteiger partial charge < -0.3 is 14.6 Å². The van der Waals surface area contributed by atoms with Crippen LogP contribution in [0, 0.1) is 0 Å². The number of fused-ring (bicyclic) bond motifs is 5. The van der Waals surface area contributed by atoms with E-state index >= 15 is 0 Å². The molecule has 0 saturated carbocycles. The van der Waals surface area contributed by atoms with E-state index in [1.54, 1.807) is 53.6 Å². The third-order valence-corrected chi connectivity index (χ3v) is 5.47. The lowest BCUT2D eigenvalue weighted by Crippen LogP contribution is -2.51. The fourth-order valence-corrected chi connectivity index (χ4v) is 4.12. The van der Waals surface area contributed by atoms with Gasteiger partial charge in [-0.05, 0) is 30.3 Å². The Morgan fingerprint density at radius 1 is 0.933 bits per heavy atom. The lowest BCUT2D eigenvalue weighted by Gasteiger charge is -2.40. The number of para-hydroxylation sites is 1. The van der Waals surface area contributed by atoms with Gasteiger partial charge in [0.2, 0.25) is 5.91 Å².